The number of hydrogen-bond donors (Lipinski definition) is 2. The van der Waals surface area contributed by atoms with Gasteiger partial charge in [0.15, 0.2) is 0 Å². The van der Waals surface area contributed by atoms with Crippen LogP contribution in [0.25, 0.3) is 0 Å². The second-order valence-corrected chi connectivity index (χ2v) is 4.35. The van der Waals surface area contributed by atoms with E-state index in [1.54, 1.807) is 6.20 Å². The summed E-state index contributed by atoms with van der Waals surface area (Å²) in [5.74, 6) is 1.25. The van der Waals surface area contributed by atoms with E-state index in [1.807, 2.05) is 12.1 Å². The van der Waals surface area contributed by atoms with Crippen LogP contribution >= 0.6 is 0 Å². The minimum absolute atomic E-state index is 0.453. The van der Waals surface area contributed by atoms with Crippen LogP contribution in [0.3, 0.4) is 0 Å². The number of hydrogen-bond acceptors (Lipinski definition) is 4. The van der Waals surface area contributed by atoms with Crippen molar-refractivity contribution >= 4 is 11.5 Å². The summed E-state index contributed by atoms with van der Waals surface area (Å²) in [5.41, 5.74) is 6.58. The highest BCUT2D eigenvalue weighted by molar-refractivity contribution is 5.45. The number of pyridine rings is 1. The fourth-order valence-corrected chi connectivity index (χ4v) is 2.09. The molecule has 2 rings (SSSR count). The molecular formula is C12H19N3O. The summed E-state index contributed by atoms with van der Waals surface area (Å²) in [4.78, 5) is 4.07. The molecule has 1 atom stereocenters. The topological polar surface area (TPSA) is 60.2 Å². The molecule has 0 aromatic carbocycles. The summed E-state index contributed by atoms with van der Waals surface area (Å²) < 4.78 is 5.36. The summed E-state index contributed by atoms with van der Waals surface area (Å²) in [5, 5.41) is 3.47. The van der Waals surface area contributed by atoms with Crippen LogP contribution in [-0.4, -0.2) is 24.2 Å². The number of nitrogen functional groups attached to an aromatic ring is 1. The first-order valence-corrected chi connectivity index (χ1v) is 5.81. The Labute approximate surface area is 96.2 Å². The van der Waals surface area contributed by atoms with Gasteiger partial charge in [-0.05, 0) is 37.8 Å². The molecule has 1 aliphatic heterocycles. The molecule has 1 aromatic heterocycles. The molecule has 0 saturated carbocycles. The van der Waals surface area contributed by atoms with E-state index in [-0.39, 0.29) is 0 Å². The molecule has 4 heteroatoms. The Balaban J connectivity index is 1.90. The lowest BCUT2D eigenvalue weighted by Crippen LogP contribution is -2.30. The first-order valence-electron chi connectivity index (χ1n) is 5.81. The molecule has 0 bridgehead atoms. The number of anilines is 2. The van der Waals surface area contributed by atoms with Gasteiger partial charge in [-0.3, -0.25) is 0 Å². The van der Waals surface area contributed by atoms with E-state index < -0.39 is 0 Å². The minimum Gasteiger partial charge on any atom is -0.384 e. The maximum atomic E-state index is 5.54. The number of aromatic nitrogens is 1. The van der Waals surface area contributed by atoms with Gasteiger partial charge >= 0.3 is 0 Å². The molecule has 16 heavy (non-hydrogen) atoms. The summed E-state index contributed by atoms with van der Waals surface area (Å²) in [6, 6.07) is 4.24. The maximum absolute atomic E-state index is 5.54. The number of nitrogens with one attached hydrogen (secondary N) is 1. The van der Waals surface area contributed by atoms with Crippen molar-refractivity contribution in [2.75, 3.05) is 24.3 Å². The minimum atomic E-state index is 0.453. The fraction of sp³-hybridized carbons (Fsp3) is 0.583. The highest BCUT2D eigenvalue weighted by atomic mass is 16.5. The molecule has 2 heterocycles. The van der Waals surface area contributed by atoms with Gasteiger partial charge in [0.05, 0.1) is 11.9 Å². The lowest BCUT2D eigenvalue weighted by atomic mass is 9.93. The zero-order valence-electron chi connectivity index (χ0n) is 9.65. The molecule has 0 aliphatic carbocycles. The molecule has 1 aliphatic rings. The Hall–Kier alpha value is -1.29. The molecule has 1 fully saturated rings. The third-order valence-electron chi connectivity index (χ3n) is 3.15. The highest BCUT2D eigenvalue weighted by Crippen LogP contribution is 2.21. The molecule has 0 radical (unpaired) electrons. The molecule has 1 unspecified atom stereocenters. The second-order valence-electron chi connectivity index (χ2n) is 4.35. The van der Waals surface area contributed by atoms with Crippen molar-refractivity contribution in [2.24, 2.45) is 5.92 Å². The van der Waals surface area contributed by atoms with Gasteiger partial charge in [-0.2, -0.15) is 0 Å². The highest BCUT2D eigenvalue weighted by Gasteiger charge is 2.20. The van der Waals surface area contributed by atoms with Crippen LogP contribution in [-0.2, 0) is 4.74 Å². The van der Waals surface area contributed by atoms with E-state index in [1.165, 1.54) is 0 Å². The Kier molecular flexibility index (Phi) is 3.62. The van der Waals surface area contributed by atoms with E-state index in [0.717, 1.165) is 31.7 Å². The van der Waals surface area contributed by atoms with E-state index in [2.05, 4.69) is 17.2 Å². The Morgan fingerprint density at radius 3 is 2.81 bits per heavy atom. The molecule has 0 amide bonds. The normalized spacial score (nSPS) is 19.3. The van der Waals surface area contributed by atoms with Crippen LogP contribution < -0.4 is 11.1 Å². The number of nitrogens with two attached hydrogens (primary N) is 1. The van der Waals surface area contributed by atoms with Crippen molar-refractivity contribution in [3.63, 3.8) is 0 Å². The molecule has 0 spiro atoms. The zero-order valence-corrected chi connectivity index (χ0v) is 9.65. The average molecular weight is 221 g/mol. The average Bonchev–Trinajstić information content (AvgIpc) is 2.33. The summed E-state index contributed by atoms with van der Waals surface area (Å²) in [7, 11) is 0. The van der Waals surface area contributed by atoms with Crippen molar-refractivity contribution in [1.29, 1.82) is 0 Å². The quantitative estimate of drug-likeness (QED) is 0.818. The van der Waals surface area contributed by atoms with Crippen LogP contribution in [0, 0.1) is 5.92 Å². The van der Waals surface area contributed by atoms with Crippen molar-refractivity contribution in [3.05, 3.63) is 18.3 Å². The number of rotatable bonds is 3. The van der Waals surface area contributed by atoms with Crippen LogP contribution in [0.15, 0.2) is 18.3 Å². The predicted octanol–water partition coefficient (Wildman–Crippen LogP) is 1.89. The standard InChI is InChI=1S/C12H19N3O/c1-9(10-4-6-16-7-5-10)15-11-2-3-12(13)14-8-11/h2-3,8-10,15H,4-7H2,1H3,(H2,13,14). The predicted molar refractivity (Wildman–Crippen MR) is 65.3 cm³/mol. The SMILES string of the molecule is CC(Nc1ccc(N)nc1)C1CCOCC1. The Morgan fingerprint density at radius 1 is 1.44 bits per heavy atom. The van der Waals surface area contributed by atoms with Gasteiger partial charge in [0, 0.05) is 19.3 Å². The molecular weight excluding hydrogens is 202 g/mol. The van der Waals surface area contributed by atoms with E-state index in [9.17, 15) is 0 Å². The van der Waals surface area contributed by atoms with Crippen molar-refractivity contribution < 1.29 is 4.74 Å². The maximum Gasteiger partial charge on any atom is 0.123 e. The van der Waals surface area contributed by atoms with Gasteiger partial charge in [-0.15, -0.1) is 0 Å². The van der Waals surface area contributed by atoms with Gasteiger partial charge in [-0.1, -0.05) is 0 Å². The first kappa shape index (κ1) is 11.2. The van der Waals surface area contributed by atoms with Gasteiger partial charge in [0.25, 0.3) is 0 Å². The summed E-state index contributed by atoms with van der Waals surface area (Å²) in [6.45, 7) is 3.99. The van der Waals surface area contributed by atoms with Gasteiger partial charge in [0.1, 0.15) is 5.82 Å². The van der Waals surface area contributed by atoms with E-state index in [0.29, 0.717) is 17.8 Å². The lowest BCUT2D eigenvalue weighted by molar-refractivity contribution is 0.0622. The molecule has 3 N–H and O–H groups in total. The Morgan fingerprint density at radius 2 is 2.19 bits per heavy atom. The van der Waals surface area contributed by atoms with E-state index >= 15 is 0 Å². The summed E-state index contributed by atoms with van der Waals surface area (Å²) in [6.07, 6.45) is 4.05. The van der Waals surface area contributed by atoms with Crippen molar-refractivity contribution in [1.82, 2.24) is 4.98 Å². The zero-order chi connectivity index (χ0) is 11.4. The Bertz CT molecular complexity index is 320. The first-order chi connectivity index (χ1) is 7.75. The number of nitrogens with zero attached hydrogens (tertiary/aromatic N) is 1. The van der Waals surface area contributed by atoms with Gasteiger partial charge in [-0.25, -0.2) is 4.98 Å². The molecule has 4 nitrogen and oxygen atoms in total. The molecule has 88 valence electrons. The van der Waals surface area contributed by atoms with E-state index in [4.69, 9.17) is 10.5 Å². The third kappa shape index (κ3) is 2.85. The van der Waals surface area contributed by atoms with Crippen molar-refractivity contribution in [2.45, 2.75) is 25.8 Å². The van der Waals surface area contributed by atoms with Crippen molar-refractivity contribution in [3.8, 4) is 0 Å². The van der Waals surface area contributed by atoms with Crippen LogP contribution in [0.4, 0.5) is 11.5 Å². The smallest absolute Gasteiger partial charge is 0.123 e. The van der Waals surface area contributed by atoms with Gasteiger partial charge < -0.3 is 15.8 Å². The van der Waals surface area contributed by atoms with Crippen LogP contribution in [0.1, 0.15) is 19.8 Å². The van der Waals surface area contributed by atoms with Gasteiger partial charge in [0.2, 0.25) is 0 Å². The van der Waals surface area contributed by atoms with Crippen LogP contribution in [0.5, 0.6) is 0 Å². The largest absolute Gasteiger partial charge is 0.384 e. The lowest BCUT2D eigenvalue weighted by Gasteiger charge is -2.28. The second kappa shape index (κ2) is 5.16. The monoisotopic (exact) mass is 221 g/mol. The fourth-order valence-electron chi connectivity index (χ4n) is 2.09. The molecule has 1 saturated heterocycles. The number of ether oxygens (including phenoxy) is 1. The summed E-state index contributed by atoms with van der Waals surface area (Å²) >= 11 is 0. The third-order valence-corrected chi connectivity index (χ3v) is 3.15. The molecule has 1 aromatic rings. The van der Waals surface area contributed by atoms with Crippen LogP contribution in [0.2, 0.25) is 0 Å².